The molecule has 15 nitrogen and oxygen atoms in total. The molecule has 6 aliphatic heterocycles. The molecule has 6 aliphatic rings. The molecule has 4 saturated heterocycles. The molecule has 63 heavy (non-hydrogen) atoms. The van der Waals surface area contributed by atoms with Gasteiger partial charge in [0.15, 0.2) is 0 Å². The van der Waals surface area contributed by atoms with Crippen LogP contribution in [0.1, 0.15) is 64.7 Å². The molecule has 3 N–H and O–H groups in total. The molecule has 3 aromatic rings. The Balaban J connectivity index is 0.00000177. The minimum Gasteiger partial charge on any atom is -0.496 e. The number of benzene rings is 2. The Labute approximate surface area is 365 Å². The van der Waals surface area contributed by atoms with Crippen LogP contribution in [0.5, 0.6) is 11.5 Å². The number of methoxy groups -OCH3 is 2. The molecule has 0 bridgehead atoms. The zero-order valence-corrected chi connectivity index (χ0v) is 36.3. The predicted octanol–water partition coefficient (Wildman–Crippen LogP) is 3.41. The van der Waals surface area contributed by atoms with E-state index in [1.165, 1.54) is 0 Å². The molecular weight excluding hydrogens is 815 g/mol. The zero-order valence-electron chi connectivity index (χ0n) is 36.3. The number of alkyl halides is 2. The first kappa shape index (κ1) is 43.8. The number of likely N-dealkylation sites (tertiary alicyclic amines) is 2. The van der Waals surface area contributed by atoms with Crippen molar-refractivity contribution in [3.63, 3.8) is 0 Å². The highest BCUT2D eigenvalue weighted by molar-refractivity contribution is 6.05. The highest BCUT2D eigenvalue weighted by atomic mass is 19.3. The maximum atomic E-state index is 16.0. The molecule has 7 heterocycles. The second-order valence-electron chi connectivity index (χ2n) is 17.9. The molecule has 1 spiro atoms. The summed E-state index contributed by atoms with van der Waals surface area (Å²) in [6.07, 6.45) is 8.78. The van der Waals surface area contributed by atoms with Gasteiger partial charge in [0.05, 0.1) is 26.3 Å². The van der Waals surface area contributed by atoms with Crippen LogP contribution in [0.15, 0.2) is 47.5 Å². The smallest absolute Gasteiger partial charge is 0.264 e. The predicted molar refractivity (Wildman–Crippen MR) is 232 cm³/mol. The van der Waals surface area contributed by atoms with Gasteiger partial charge in [0.2, 0.25) is 18.2 Å². The van der Waals surface area contributed by atoms with Gasteiger partial charge in [-0.1, -0.05) is 6.07 Å². The Morgan fingerprint density at radius 3 is 2.25 bits per heavy atom. The standard InChI is InChI=1S/C45H53F2N7O6.CH3NO/c1-49-13-10-32-34(23-50(2)42(57)35(32)22-49)29-17-38(59-3)36(39(18-29)60-4)24-52-14-9-30(45(46,47)27-52)21-51-15-11-44(12-16-51)25-53(26-44)31-6-5-28-20-54(43(58)33(28)19-31)37-7-8-40(55)48-41(37)56;2-1-3/h5-6,10,13,17-19,23,30,37H,7-9,11-12,14-16,20-22,24-27H2,1-4H3,(H,48,55,56);1H,(H2,2,3). The molecule has 4 amide bonds. The fraction of sp³-hybridized carbons (Fsp3) is 0.500. The highest BCUT2D eigenvalue weighted by Crippen LogP contribution is 2.45. The third-order valence-corrected chi connectivity index (χ3v) is 13.9. The average molecular weight is 871 g/mol. The summed E-state index contributed by atoms with van der Waals surface area (Å²) in [5.41, 5.74) is 10.7. The first-order valence-corrected chi connectivity index (χ1v) is 21.5. The lowest BCUT2D eigenvalue weighted by molar-refractivity contribution is -0.137. The van der Waals surface area contributed by atoms with E-state index in [1.54, 1.807) is 35.6 Å². The number of carbonyl (C=O) groups excluding carboxylic acids is 4. The van der Waals surface area contributed by atoms with Crippen molar-refractivity contribution in [1.82, 2.24) is 29.5 Å². The number of amides is 4. The number of piperidine rings is 3. The van der Waals surface area contributed by atoms with E-state index in [4.69, 9.17) is 14.3 Å². The number of carbonyl (C=O) groups is 4. The van der Waals surface area contributed by atoms with Crippen LogP contribution in [-0.2, 0) is 41.1 Å². The van der Waals surface area contributed by atoms with Crippen LogP contribution in [0.25, 0.3) is 17.2 Å². The number of aryl methyl sites for hydroxylation is 1. The second-order valence-corrected chi connectivity index (χ2v) is 17.9. The number of nitrogens with zero attached hydrogens (tertiary/aromatic N) is 6. The number of anilines is 1. The first-order chi connectivity index (χ1) is 30.2. The Kier molecular flexibility index (Phi) is 12.1. The van der Waals surface area contributed by atoms with E-state index < -0.39 is 23.8 Å². The van der Waals surface area contributed by atoms with Crippen LogP contribution in [0.3, 0.4) is 0 Å². The van der Waals surface area contributed by atoms with Crippen molar-refractivity contribution in [2.45, 2.75) is 63.7 Å². The van der Waals surface area contributed by atoms with Crippen LogP contribution in [-0.4, -0.2) is 127 Å². The van der Waals surface area contributed by atoms with Gasteiger partial charge >= 0.3 is 0 Å². The number of halogens is 2. The van der Waals surface area contributed by atoms with Gasteiger partial charge in [0, 0.05) is 99.7 Å². The van der Waals surface area contributed by atoms with Crippen molar-refractivity contribution in [2.24, 2.45) is 24.1 Å². The minimum atomic E-state index is -2.87. The van der Waals surface area contributed by atoms with E-state index in [0.717, 1.165) is 67.0 Å². The largest absolute Gasteiger partial charge is 0.496 e. The molecule has 2 unspecified atom stereocenters. The molecule has 17 heteroatoms. The maximum absolute atomic E-state index is 16.0. The van der Waals surface area contributed by atoms with E-state index in [0.29, 0.717) is 67.2 Å². The monoisotopic (exact) mass is 870 g/mol. The normalized spacial score (nSPS) is 22.8. The highest BCUT2D eigenvalue weighted by Gasteiger charge is 2.49. The molecule has 2 atom stereocenters. The summed E-state index contributed by atoms with van der Waals surface area (Å²) in [5, 5.41) is 2.36. The first-order valence-electron chi connectivity index (χ1n) is 21.5. The van der Waals surface area contributed by atoms with Crippen LogP contribution in [0.4, 0.5) is 14.5 Å². The summed E-state index contributed by atoms with van der Waals surface area (Å²) in [4.78, 5) is 68.9. The maximum Gasteiger partial charge on any atom is 0.264 e. The quantitative estimate of drug-likeness (QED) is 0.240. The molecule has 9 rings (SSSR count). The molecule has 2 aromatic carbocycles. The molecular formula is C46H56F2N8O7. The van der Waals surface area contributed by atoms with Crippen LogP contribution in [0.2, 0.25) is 0 Å². The van der Waals surface area contributed by atoms with E-state index >= 15 is 8.78 Å². The number of hydrogen-bond acceptors (Lipinski definition) is 11. The molecule has 0 saturated carbocycles. The SMILES string of the molecule is COc1cc(-c2cn(C)c(=O)c3c2C=CN(C)C3)cc(OC)c1CN1CCC(CN2CCC3(CC2)CN(c2ccc4c(c2)C(=O)N(C2CCC(=O)NC2=O)C4)C3)C(F)(F)C1.NC=O. The van der Waals surface area contributed by atoms with E-state index in [9.17, 15) is 19.2 Å². The number of primary amides is 1. The van der Waals surface area contributed by atoms with Crippen molar-refractivity contribution in [3.05, 3.63) is 80.9 Å². The van der Waals surface area contributed by atoms with Gasteiger partial charge in [0.25, 0.3) is 17.4 Å². The third kappa shape index (κ3) is 8.52. The summed E-state index contributed by atoms with van der Waals surface area (Å²) in [7, 11) is 6.82. The van der Waals surface area contributed by atoms with Crippen molar-refractivity contribution >= 4 is 35.9 Å². The van der Waals surface area contributed by atoms with Crippen LogP contribution < -0.4 is 31.0 Å². The van der Waals surface area contributed by atoms with Crippen LogP contribution >= 0.6 is 0 Å². The van der Waals surface area contributed by atoms with Crippen molar-refractivity contribution in [2.75, 3.05) is 72.0 Å². The number of nitrogens with one attached hydrogen (secondary N) is 1. The van der Waals surface area contributed by atoms with Crippen LogP contribution in [0, 0.1) is 11.3 Å². The number of pyridine rings is 1. The van der Waals surface area contributed by atoms with Gasteiger partial charge in [0.1, 0.15) is 17.5 Å². The average Bonchev–Trinajstić information content (AvgIpc) is 3.57. The van der Waals surface area contributed by atoms with Gasteiger partial charge < -0.3 is 39.4 Å². The fourth-order valence-corrected chi connectivity index (χ4v) is 10.3. The number of ether oxygens (including phenoxy) is 2. The molecule has 4 fully saturated rings. The van der Waals surface area contributed by atoms with Gasteiger partial charge in [-0.25, -0.2) is 8.78 Å². The number of aromatic nitrogens is 1. The fourth-order valence-electron chi connectivity index (χ4n) is 10.3. The van der Waals surface area contributed by atoms with E-state index in [1.807, 2.05) is 60.8 Å². The second kappa shape index (κ2) is 17.4. The van der Waals surface area contributed by atoms with E-state index in [2.05, 4.69) is 20.9 Å². The minimum absolute atomic E-state index is 0.0458. The Morgan fingerprint density at radius 1 is 0.905 bits per heavy atom. The van der Waals surface area contributed by atoms with Crippen molar-refractivity contribution < 1.29 is 37.4 Å². The summed E-state index contributed by atoms with van der Waals surface area (Å²) in [6, 6.07) is 9.11. The lowest BCUT2D eigenvalue weighted by Gasteiger charge is -2.55. The molecule has 0 aliphatic carbocycles. The van der Waals surface area contributed by atoms with E-state index in [-0.39, 0.29) is 48.7 Å². The summed E-state index contributed by atoms with van der Waals surface area (Å²) in [5.74, 6) is -3.40. The summed E-state index contributed by atoms with van der Waals surface area (Å²) >= 11 is 0. The number of hydrogen-bond donors (Lipinski definition) is 2. The number of nitrogens with two attached hydrogens (primary N) is 1. The lowest BCUT2D eigenvalue weighted by atomic mass is 9.71. The molecule has 1 aromatic heterocycles. The number of rotatable bonds is 9. The molecule has 0 radical (unpaired) electrons. The lowest BCUT2D eigenvalue weighted by Crippen LogP contribution is -2.61. The van der Waals surface area contributed by atoms with Gasteiger partial charge in [-0.05, 0) is 98.5 Å². The van der Waals surface area contributed by atoms with Crippen molar-refractivity contribution in [3.8, 4) is 22.6 Å². The van der Waals surface area contributed by atoms with Gasteiger partial charge in [-0.3, -0.25) is 34.2 Å². The Bertz CT molecular complexity index is 2360. The number of imide groups is 1. The van der Waals surface area contributed by atoms with Gasteiger partial charge in [-0.15, -0.1) is 0 Å². The van der Waals surface area contributed by atoms with Crippen molar-refractivity contribution in [1.29, 1.82) is 0 Å². The third-order valence-electron chi connectivity index (χ3n) is 13.9. The molecule has 336 valence electrons. The summed E-state index contributed by atoms with van der Waals surface area (Å²) in [6.45, 7) is 4.93. The Morgan fingerprint density at radius 2 is 1.60 bits per heavy atom. The summed E-state index contributed by atoms with van der Waals surface area (Å²) < 4.78 is 45.3. The number of fused-ring (bicyclic) bond motifs is 2. The van der Waals surface area contributed by atoms with Gasteiger partial charge in [-0.2, -0.15) is 0 Å². The Hall–Kier alpha value is -5.81. The topological polar surface area (TPSA) is 163 Å². The zero-order chi connectivity index (χ0) is 44.8.